The quantitative estimate of drug-likeness (QED) is 0.599. The average Bonchev–Trinajstić information content (AvgIpc) is 2.76. The topological polar surface area (TPSA) is 53.6 Å². The molecule has 0 aromatic heterocycles. The maximum Gasteiger partial charge on any atom is 0.237 e. The summed E-state index contributed by atoms with van der Waals surface area (Å²) in [4.78, 5) is 14.0. The highest BCUT2D eigenvalue weighted by Gasteiger charge is 2.28. The smallest absolute Gasteiger partial charge is 0.237 e. The highest BCUT2D eigenvalue weighted by atomic mass is 16.5. The first-order chi connectivity index (χ1) is 7.69. The van der Waals surface area contributed by atoms with Crippen LogP contribution in [0.3, 0.4) is 0 Å². The fourth-order valence-corrected chi connectivity index (χ4v) is 1.96. The number of ether oxygens (including phenoxy) is 1. The van der Waals surface area contributed by atoms with Crippen LogP contribution in [-0.2, 0) is 9.53 Å². The molecule has 94 valence electrons. The van der Waals surface area contributed by atoms with E-state index >= 15 is 0 Å². The lowest BCUT2D eigenvalue weighted by molar-refractivity contribution is -0.125. The average molecular weight is 229 g/mol. The second-order valence-electron chi connectivity index (χ2n) is 4.23. The SMILES string of the molecule is CNC1CCN(C(C)C(=O)NCCOC)C1. The number of rotatable bonds is 6. The Bertz CT molecular complexity index is 223. The predicted octanol–water partition coefficient (Wildman–Crippen LogP) is -0.569. The van der Waals surface area contributed by atoms with Crippen LogP contribution in [0.15, 0.2) is 0 Å². The van der Waals surface area contributed by atoms with Crippen LogP contribution in [-0.4, -0.2) is 63.3 Å². The minimum atomic E-state index is -0.0461. The van der Waals surface area contributed by atoms with E-state index in [-0.39, 0.29) is 11.9 Å². The number of nitrogens with one attached hydrogen (secondary N) is 2. The maximum atomic E-state index is 11.8. The van der Waals surface area contributed by atoms with Crippen molar-refractivity contribution >= 4 is 5.91 Å². The van der Waals surface area contributed by atoms with Crippen molar-refractivity contribution in [2.75, 3.05) is 40.4 Å². The van der Waals surface area contributed by atoms with Crippen molar-refractivity contribution in [3.8, 4) is 0 Å². The van der Waals surface area contributed by atoms with Gasteiger partial charge in [-0.2, -0.15) is 0 Å². The molecule has 0 spiro atoms. The molecule has 0 aliphatic carbocycles. The molecule has 2 unspecified atom stereocenters. The monoisotopic (exact) mass is 229 g/mol. The summed E-state index contributed by atoms with van der Waals surface area (Å²) in [5.74, 6) is 0.0915. The van der Waals surface area contributed by atoms with Crippen molar-refractivity contribution in [1.29, 1.82) is 0 Å². The molecule has 1 saturated heterocycles. The second kappa shape index (κ2) is 6.83. The summed E-state index contributed by atoms with van der Waals surface area (Å²) in [5.41, 5.74) is 0. The van der Waals surface area contributed by atoms with Crippen molar-refractivity contribution in [2.24, 2.45) is 0 Å². The number of nitrogens with zero attached hydrogens (tertiary/aromatic N) is 1. The third-order valence-electron chi connectivity index (χ3n) is 3.16. The van der Waals surface area contributed by atoms with Gasteiger partial charge in [-0.1, -0.05) is 0 Å². The van der Waals surface area contributed by atoms with Crippen LogP contribution in [0.1, 0.15) is 13.3 Å². The Morgan fingerprint density at radius 1 is 1.62 bits per heavy atom. The van der Waals surface area contributed by atoms with Crippen molar-refractivity contribution in [2.45, 2.75) is 25.4 Å². The number of carbonyl (C=O) groups excluding carboxylic acids is 1. The van der Waals surface area contributed by atoms with Crippen molar-refractivity contribution in [1.82, 2.24) is 15.5 Å². The molecule has 1 rings (SSSR count). The minimum absolute atomic E-state index is 0.0461. The van der Waals surface area contributed by atoms with Crippen LogP contribution in [0.2, 0.25) is 0 Å². The fourth-order valence-electron chi connectivity index (χ4n) is 1.96. The van der Waals surface area contributed by atoms with E-state index in [1.54, 1.807) is 7.11 Å². The summed E-state index contributed by atoms with van der Waals surface area (Å²) in [6.07, 6.45) is 1.12. The number of amides is 1. The highest BCUT2D eigenvalue weighted by molar-refractivity contribution is 5.81. The van der Waals surface area contributed by atoms with Gasteiger partial charge in [-0.25, -0.2) is 0 Å². The molecular weight excluding hydrogens is 206 g/mol. The molecule has 1 fully saturated rings. The summed E-state index contributed by atoms with van der Waals surface area (Å²) in [6, 6.07) is 0.476. The van der Waals surface area contributed by atoms with E-state index in [0.717, 1.165) is 19.5 Å². The van der Waals surface area contributed by atoms with E-state index in [2.05, 4.69) is 15.5 Å². The van der Waals surface area contributed by atoms with Gasteiger partial charge in [0.15, 0.2) is 0 Å². The van der Waals surface area contributed by atoms with Crippen LogP contribution in [0, 0.1) is 0 Å². The predicted molar refractivity (Wildman–Crippen MR) is 63.4 cm³/mol. The van der Waals surface area contributed by atoms with Crippen LogP contribution >= 0.6 is 0 Å². The van der Waals surface area contributed by atoms with Crippen molar-refractivity contribution in [3.05, 3.63) is 0 Å². The van der Waals surface area contributed by atoms with Gasteiger partial charge < -0.3 is 15.4 Å². The number of likely N-dealkylation sites (N-methyl/N-ethyl adjacent to an activating group) is 1. The highest BCUT2D eigenvalue weighted by Crippen LogP contribution is 2.12. The third kappa shape index (κ3) is 3.73. The summed E-state index contributed by atoms with van der Waals surface area (Å²) < 4.78 is 4.89. The Morgan fingerprint density at radius 2 is 2.38 bits per heavy atom. The molecule has 0 bridgehead atoms. The summed E-state index contributed by atoms with van der Waals surface area (Å²) in [6.45, 7) is 5.06. The molecule has 0 radical (unpaired) electrons. The summed E-state index contributed by atoms with van der Waals surface area (Å²) in [7, 11) is 3.60. The maximum absolute atomic E-state index is 11.8. The van der Waals surface area contributed by atoms with Gasteiger partial charge >= 0.3 is 0 Å². The molecule has 0 aromatic rings. The van der Waals surface area contributed by atoms with Crippen molar-refractivity contribution < 1.29 is 9.53 Å². The van der Waals surface area contributed by atoms with Crippen LogP contribution < -0.4 is 10.6 Å². The number of hydrogen-bond donors (Lipinski definition) is 2. The lowest BCUT2D eigenvalue weighted by atomic mass is 10.2. The fraction of sp³-hybridized carbons (Fsp3) is 0.909. The zero-order chi connectivity index (χ0) is 12.0. The standard InChI is InChI=1S/C11H23N3O2/c1-9(11(15)13-5-7-16-3)14-6-4-10(8-14)12-2/h9-10,12H,4-8H2,1-3H3,(H,13,15). The molecule has 1 aliphatic heterocycles. The zero-order valence-electron chi connectivity index (χ0n) is 10.5. The van der Waals surface area contributed by atoms with Gasteiger partial charge in [0.1, 0.15) is 0 Å². The molecule has 5 heteroatoms. The van der Waals surface area contributed by atoms with Crippen LogP contribution in [0.5, 0.6) is 0 Å². The molecular formula is C11H23N3O2. The molecule has 1 heterocycles. The number of likely N-dealkylation sites (tertiary alicyclic amines) is 1. The van der Waals surface area contributed by atoms with Crippen LogP contribution in [0.25, 0.3) is 0 Å². The Kier molecular flexibility index (Phi) is 5.73. The number of carbonyl (C=O) groups is 1. The van der Waals surface area contributed by atoms with E-state index in [9.17, 15) is 4.79 Å². The largest absolute Gasteiger partial charge is 0.383 e. The zero-order valence-corrected chi connectivity index (χ0v) is 10.5. The Morgan fingerprint density at radius 3 is 2.94 bits per heavy atom. The van der Waals surface area contributed by atoms with E-state index < -0.39 is 0 Å². The molecule has 0 saturated carbocycles. The first kappa shape index (κ1) is 13.4. The number of hydrogen-bond acceptors (Lipinski definition) is 4. The van der Waals surface area contributed by atoms with E-state index in [0.29, 0.717) is 19.2 Å². The molecule has 2 atom stereocenters. The van der Waals surface area contributed by atoms with Gasteiger partial charge in [0.2, 0.25) is 5.91 Å². The van der Waals surface area contributed by atoms with Gasteiger partial charge in [-0.3, -0.25) is 9.69 Å². The molecule has 1 aliphatic rings. The molecule has 1 amide bonds. The first-order valence-corrected chi connectivity index (χ1v) is 5.87. The van der Waals surface area contributed by atoms with Gasteiger partial charge in [0, 0.05) is 32.8 Å². The Labute approximate surface area is 97.5 Å². The molecule has 16 heavy (non-hydrogen) atoms. The summed E-state index contributed by atoms with van der Waals surface area (Å²) in [5, 5.41) is 6.11. The molecule has 5 nitrogen and oxygen atoms in total. The molecule has 0 aromatic carbocycles. The number of methoxy groups -OCH3 is 1. The van der Waals surface area contributed by atoms with E-state index in [1.807, 2.05) is 14.0 Å². The lowest BCUT2D eigenvalue weighted by Gasteiger charge is -2.23. The van der Waals surface area contributed by atoms with E-state index in [1.165, 1.54) is 0 Å². The third-order valence-corrected chi connectivity index (χ3v) is 3.16. The van der Waals surface area contributed by atoms with Gasteiger partial charge in [0.05, 0.1) is 12.6 Å². The normalized spacial score (nSPS) is 23.3. The first-order valence-electron chi connectivity index (χ1n) is 5.87. The lowest BCUT2D eigenvalue weighted by Crippen LogP contribution is -2.45. The van der Waals surface area contributed by atoms with Gasteiger partial charge in [0.25, 0.3) is 0 Å². The minimum Gasteiger partial charge on any atom is -0.383 e. The Balaban J connectivity index is 2.28. The van der Waals surface area contributed by atoms with Crippen LogP contribution in [0.4, 0.5) is 0 Å². The van der Waals surface area contributed by atoms with E-state index in [4.69, 9.17) is 4.74 Å². The second-order valence-corrected chi connectivity index (χ2v) is 4.23. The Hall–Kier alpha value is -0.650. The van der Waals surface area contributed by atoms with Crippen molar-refractivity contribution in [3.63, 3.8) is 0 Å². The molecule has 2 N–H and O–H groups in total. The summed E-state index contributed by atoms with van der Waals surface area (Å²) >= 11 is 0. The van der Waals surface area contributed by atoms with Gasteiger partial charge in [-0.05, 0) is 20.4 Å². The van der Waals surface area contributed by atoms with Gasteiger partial charge in [-0.15, -0.1) is 0 Å².